The predicted octanol–water partition coefficient (Wildman–Crippen LogP) is 7.14. The second kappa shape index (κ2) is 12.2. The first-order chi connectivity index (χ1) is 18.9. The van der Waals surface area contributed by atoms with E-state index >= 15 is 0 Å². The lowest BCUT2D eigenvalue weighted by Gasteiger charge is -2.31. The van der Waals surface area contributed by atoms with Crippen LogP contribution in [0.15, 0.2) is 66.7 Å². The van der Waals surface area contributed by atoms with Crippen molar-refractivity contribution in [3.05, 3.63) is 83.1 Å². The molecular weight excluding hydrogens is 537 g/mol. The van der Waals surface area contributed by atoms with E-state index < -0.39 is 0 Å². The highest BCUT2D eigenvalue weighted by atomic mass is 35.5. The maximum absolute atomic E-state index is 14.2. The number of carbonyl (C=O) groups is 1. The van der Waals surface area contributed by atoms with E-state index in [1.54, 1.807) is 26.4 Å². The molecule has 0 atom stereocenters. The molecule has 6 nitrogen and oxygen atoms in total. The summed E-state index contributed by atoms with van der Waals surface area (Å²) in [7, 11) is 3.27. The molecule has 0 aliphatic carbocycles. The summed E-state index contributed by atoms with van der Waals surface area (Å²) in [6.07, 6.45) is 1.36. The number of nitrogens with zero attached hydrogens (tertiary/aromatic N) is 2. The van der Waals surface area contributed by atoms with Crippen LogP contribution in [0.4, 0.5) is 9.52 Å². The molecule has 0 saturated carbocycles. The van der Waals surface area contributed by atoms with E-state index in [2.05, 4.69) is 10.2 Å². The van der Waals surface area contributed by atoms with Crippen molar-refractivity contribution in [1.29, 1.82) is 0 Å². The fraction of sp³-hybridized carbons (Fsp3) is 0.267. The first kappa shape index (κ1) is 27.1. The number of ether oxygens (including phenoxy) is 2. The van der Waals surface area contributed by atoms with Crippen LogP contribution in [0.25, 0.3) is 21.7 Å². The van der Waals surface area contributed by atoms with Crippen molar-refractivity contribution >= 4 is 34.0 Å². The molecule has 9 heteroatoms. The van der Waals surface area contributed by atoms with Crippen molar-refractivity contribution in [1.82, 2.24) is 9.88 Å². The summed E-state index contributed by atoms with van der Waals surface area (Å²) >= 11 is 7.65. The van der Waals surface area contributed by atoms with Gasteiger partial charge in [-0.05, 0) is 92.2 Å². The zero-order valence-corrected chi connectivity index (χ0v) is 23.3. The van der Waals surface area contributed by atoms with Gasteiger partial charge in [-0.3, -0.25) is 9.69 Å². The highest BCUT2D eigenvalue weighted by Crippen LogP contribution is 2.40. The van der Waals surface area contributed by atoms with Crippen molar-refractivity contribution < 1.29 is 18.7 Å². The lowest BCUT2D eigenvalue weighted by Crippen LogP contribution is -2.38. The minimum absolute atomic E-state index is 0.0464. The maximum atomic E-state index is 14.2. The zero-order chi connectivity index (χ0) is 27.4. The van der Waals surface area contributed by atoms with Crippen LogP contribution < -0.4 is 14.8 Å². The van der Waals surface area contributed by atoms with Gasteiger partial charge in [0.2, 0.25) is 5.91 Å². The fourth-order valence-electron chi connectivity index (χ4n) is 4.72. The van der Waals surface area contributed by atoms with E-state index in [9.17, 15) is 9.18 Å². The summed E-state index contributed by atoms with van der Waals surface area (Å²) in [5.41, 5.74) is 3.21. The number of hydrogen-bond acceptors (Lipinski definition) is 6. The Morgan fingerprint density at radius 2 is 1.62 bits per heavy atom. The second-order valence-electron chi connectivity index (χ2n) is 9.39. The standard InChI is InChI=1S/C30H29ClFN3O3S/c1-37-22-10-6-19(7-11-22)27-28(20-8-12-23(38-2)13-9-20)39-30(33-27)34-29(36)21-14-16-35(17-15-21)18-24-25(31)4-3-5-26(24)32/h3-13,21H,14-18H2,1-2H3,(H,33,34,36). The van der Waals surface area contributed by atoms with Gasteiger partial charge in [0.1, 0.15) is 17.3 Å². The molecule has 0 radical (unpaired) electrons. The van der Waals surface area contributed by atoms with E-state index in [4.69, 9.17) is 26.1 Å². The minimum atomic E-state index is -0.300. The minimum Gasteiger partial charge on any atom is -0.497 e. The van der Waals surface area contributed by atoms with Gasteiger partial charge >= 0.3 is 0 Å². The number of nitrogens with one attached hydrogen (secondary N) is 1. The predicted molar refractivity (Wildman–Crippen MR) is 154 cm³/mol. The number of rotatable bonds is 8. The van der Waals surface area contributed by atoms with Gasteiger partial charge in [-0.2, -0.15) is 0 Å². The van der Waals surface area contributed by atoms with E-state index in [1.807, 2.05) is 48.5 Å². The number of thiazole rings is 1. The molecule has 39 heavy (non-hydrogen) atoms. The molecule has 1 saturated heterocycles. The van der Waals surface area contributed by atoms with E-state index in [0.29, 0.717) is 48.2 Å². The van der Waals surface area contributed by atoms with Crippen LogP contribution in [0.2, 0.25) is 5.02 Å². The van der Waals surface area contributed by atoms with Crippen molar-refractivity contribution in [2.45, 2.75) is 19.4 Å². The SMILES string of the molecule is COc1ccc(-c2nc(NC(=O)C3CCN(Cc4c(F)cccc4Cl)CC3)sc2-c2ccc(OC)cc2)cc1. The average molecular weight is 566 g/mol. The molecule has 0 spiro atoms. The summed E-state index contributed by atoms with van der Waals surface area (Å²) in [4.78, 5) is 21.1. The van der Waals surface area contributed by atoms with E-state index in [0.717, 1.165) is 33.2 Å². The van der Waals surface area contributed by atoms with Gasteiger partial charge in [-0.25, -0.2) is 9.37 Å². The molecule has 5 rings (SSSR count). The quantitative estimate of drug-likeness (QED) is 0.246. The number of methoxy groups -OCH3 is 2. The topological polar surface area (TPSA) is 63.7 Å². The first-order valence-corrected chi connectivity index (χ1v) is 13.9. The first-order valence-electron chi connectivity index (χ1n) is 12.7. The molecule has 1 amide bonds. The molecule has 1 aliphatic rings. The smallest absolute Gasteiger partial charge is 0.229 e. The van der Waals surface area contributed by atoms with Crippen LogP contribution in [0.5, 0.6) is 11.5 Å². The Kier molecular flexibility index (Phi) is 8.45. The number of amides is 1. The summed E-state index contributed by atoms with van der Waals surface area (Å²) in [6.45, 7) is 1.81. The number of benzene rings is 3. The fourth-order valence-corrected chi connectivity index (χ4v) is 5.94. The van der Waals surface area contributed by atoms with Crippen LogP contribution in [-0.2, 0) is 11.3 Å². The lowest BCUT2D eigenvalue weighted by molar-refractivity contribution is -0.121. The summed E-state index contributed by atoms with van der Waals surface area (Å²) in [6, 6.07) is 20.3. The van der Waals surface area contributed by atoms with Crippen LogP contribution in [0.3, 0.4) is 0 Å². The Balaban J connectivity index is 1.30. The van der Waals surface area contributed by atoms with Crippen molar-refractivity contribution in [2.75, 3.05) is 32.6 Å². The number of hydrogen-bond donors (Lipinski definition) is 1. The Morgan fingerprint density at radius 3 is 2.21 bits per heavy atom. The van der Waals surface area contributed by atoms with Crippen molar-refractivity contribution in [3.63, 3.8) is 0 Å². The Labute approximate surface area is 236 Å². The summed E-state index contributed by atoms with van der Waals surface area (Å²) in [5.74, 6) is 1.04. The van der Waals surface area contributed by atoms with Crippen LogP contribution >= 0.6 is 22.9 Å². The Morgan fingerprint density at radius 1 is 1.00 bits per heavy atom. The lowest BCUT2D eigenvalue weighted by atomic mass is 9.95. The molecule has 3 aromatic carbocycles. The van der Waals surface area contributed by atoms with Crippen LogP contribution in [0.1, 0.15) is 18.4 Å². The molecular formula is C30H29ClFN3O3S. The van der Waals surface area contributed by atoms with E-state index in [1.165, 1.54) is 17.4 Å². The highest BCUT2D eigenvalue weighted by Gasteiger charge is 2.27. The van der Waals surface area contributed by atoms with Crippen molar-refractivity contribution in [3.8, 4) is 33.2 Å². The summed E-state index contributed by atoms with van der Waals surface area (Å²) in [5, 5.41) is 4.04. The number of piperidine rings is 1. The monoisotopic (exact) mass is 565 g/mol. The zero-order valence-electron chi connectivity index (χ0n) is 21.7. The molecule has 1 fully saturated rings. The normalized spacial score (nSPS) is 14.3. The molecule has 1 aromatic heterocycles. The maximum Gasteiger partial charge on any atom is 0.229 e. The number of halogens is 2. The van der Waals surface area contributed by atoms with Gasteiger partial charge in [0.05, 0.1) is 24.8 Å². The van der Waals surface area contributed by atoms with E-state index in [-0.39, 0.29) is 17.6 Å². The Hall–Kier alpha value is -3.46. The molecule has 4 aromatic rings. The van der Waals surface area contributed by atoms with Crippen LogP contribution in [-0.4, -0.2) is 43.1 Å². The molecule has 1 aliphatic heterocycles. The second-order valence-corrected chi connectivity index (χ2v) is 10.8. The highest BCUT2D eigenvalue weighted by molar-refractivity contribution is 7.19. The third-order valence-corrected chi connectivity index (χ3v) is 8.35. The molecule has 1 N–H and O–H groups in total. The molecule has 0 bridgehead atoms. The van der Waals surface area contributed by atoms with Crippen molar-refractivity contribution in [2.24, 2.45) is 5.92 Å². The number of aromatic nitrogens is 1. The van der Waals surface area contributed by atoms with Gasteiger partial charge in [0.15, 0.2) is 5.13 Å². The molecule has 2 heterocycles. The number of anilines is 1. The van der Waals surface area contributed by atoms with Gasteiger partial charge in [-0.1, -0.05) is 29.0 Å². The molecule has 202 valence electrons. The number of carbonyl (C=O) groups excluding carboxylic acids is 1. The third kappa shape index (κ3) is 6.24. The largest absolute Gasteiger partial charge is 0.497 e. The van der Waals surface area contributed by atoms with Gasteiger partial charge in [0.25, 0.3) is 0 Å². The summed E-state index contributed by atoms with van der Waals surface area (Å²) < 4.78 is 24.8. The van der Waals surface area contributed by atoms with Gasteiger partial charge < -0.3 is 14.8 Å². The Bertz CT molecular complexity index is 1350. The molecule has 0 unspecified atom stereocenters. The van der Waals surface area contributed by atoms with Gasteiger partial charge in [0, 0.05) is 28.6 Å². The van der Waals surface area contributed by atoms with Crippen LogP contribution in [0, 0.1) is 11.7 Å². The van der Waals surface area contributed by atoms with Gasteiger partial charge in [-0.15, -0.1) is 0 Å². The average Bonchev–Trinajstić information content (AvgIpc) is 3.39. The third-order valence-electron chi connectivity index (χ3n) is 6.97. The number of likely N-dealkylation sites (tertiary alicyclic amines) is 1.